The predicted molar refractivity (Wildman–Crippen MR) is 151 cm³/mol. The van der Waals surface area contributed by atoms with Gasteiger partial charge in [-0.2, -0.15) is 0 Å². The Bertz CT molecular complexity index is 1610. The summed E-state index contributed by atoms with van der Waals surface area (Å²) in [6.45, 7) is 4.28. The van der Waals surface area contributed by atoms with Crippen molar-refractivity contribution in [3.8, 4) is 5.75 Å². The van der Waals surface area contributed by atoms with E-state index in [9.17, 15) is 0 Å². The topological polar surface area (TPSA) is 9.23 Å². The average Bonchev–Trinajstić information content (AvgIpc) is 2.93. The number of ether oxygens (including phenoxy) is 1. The fraction of sp³-hybridized carbons (Fsp3) is 0.200. The van der Waals surface area contributed by atoms with Crippen LogP contribution in [0, 0.1) is 13.8 Å². The highest BCUT2D eigenvalue weighted by Gasteiger charge is 2.39. The normalized spacial score (nSPS) is 15.9. The van der Waals surface area contributed by atoms with Crippen LogP contribution in [-0.4, -0.2) is 0 Å². The summed E-state index contributed by atoms with van der Waals surface area (Å²) in [6.07, 6.45) is 9.41. The SMILES string of the molecule is Cc1ccc(C2(c3ccc(C)cc3)C=Cc3c4c(c5c(ccc6ccccc65)c3O2)CCCC4)cc1. The Morgan fingerprint density at radius 2 is 1.28 bits per heavy atom. The van der Waals surface area contributed by atoms with E-state index in [1.54, 1.807) is 0 Å². The monoisotopic (exact) mass is 466 g/mol. The van der Waals surface area contributed by atoms with Crippen molar-refractivity contribution in [1.82, 2.24) is 0 Å². The van der Waals surface area contributed by atoms with E-state index in [1.165, 1.54) is 62.2 Å². The number of fused-ring (bicyclic) bond motifs is 8. The van der Waals surface area contributed by atoms with Gasteiger partial charge < -0.3 is 4.74 Å². The van der Waals surface area contributed by atoms with Crippen molar-refractivity contribution in [2.75, 3.05) is 0 Å². The summed E-state index contributed by atoms with van der Waals surface area (Å²) in [5.74, 6) is 1.03. The quantitative estimate of drug-likeness (QED) is 0.236. The second-order valence-corrected chi connectivity index (χ2v) is 10.5. The van der Waals surface area contributed by atoms with Crippen molar-refractivity contribution in [2.24, 2.45) is 0 Å². The molecular weight excluding hydrogens is 436 g/mol. The molecule has 1 nitrogen and oxygen atoms in total. The van der Waals surface area contributed by atoms with Gasteiger partial charge >= 0.3 is 0 Å². The number of rotatable bonds is 2. The van der Waals surface area contributed by atoms with Crippen molar-refractivity contribution in [2.45, 2.75) is 45.1 Å². The van der Waals surface area contributed by atoms with Gasteiger partial charge in [0, 0.05) is 22.1 Å². The molecule has 5 aromatic rings. The van der Waals surface area contributed by atoms with Crippen molar-refractivity contribution < 1.29 is 4.74 Å². The minimum Gasteiger partial charge on any atom is -0.472 e. The molecule has 0 unspecified atom stereocenters. The van der Waals surface area contributed by atoms with Gasteiger partial charge in [-0.15, -0.1) is 0 Å². The summed E-state index contributed by atoms with van der Waals surface area (Å²) >= 11 is 0. The Hall–Kier alpha value is -3.84. The van der Waals surface area contributed by atoms with Crippen molar-refractivity contribution >= 4 is 27.6 Å². The molecule has 36 heavy (non-hydrogen) atoms. The molecule has 5 aromatic carbocycles. The molecule has 0 radical (unpaired) electrons. The molecule has 0 amide bonds. The van der Waals surface area contributed by atoms with Crippen molar-refractivity contribution in [1.29, 1.82) is 0 Å². The molecule has 0 N–H and O–H groups in total. The van der Waals surface area contributed by atoms with Crippen LogP contribution in [0.4, 0.5) is 0 Å². The van der Waals surface area contributed by atoms with Gasteiger partial charge in [-0.3, -0.25) is 0 Å². The highest BCUT2D eigenvalue weighted by Crippen LogP contribution is 2.50. The molecule has 1 aliphatic heterocycles. The third-order valence-corrected chi connectivity index (χ3v) is 8.22. The van der Waals surface area contributed by atoms with E-state index in [2.05, 4.69) is 111 Å². The number of aryl methyl sites for hydroxylation is 3. The van der Waals surface area contributed by atoms with Crippen LogP contribution >= 0.6 is 0 Å². The zero-order valence-electron chi connectivity index (χ0n) is 21.0. The Morgan fingerprint density at radius 3 is 1.97 bits per heavy atom. The molecule has 0 bridgehead atoms. The summed E-state index contributed by atoms with van der Waals surface area (Å²) in [4.78, 5) is 0. The standard InChI is InChI=1S/C35H30O/c1-23-11-16-26(17-12-23)35(27-18-13-24(2)14-19-27)22-21-31-29-9-5-6-10-30(29)33-28-8-4-3-7-25(28)15-20-32(33)34(31)36-35/h3-4,7-8,11-22H,5-6,9-10H2,1-2H3. The molecule has 1 heterocycles. The summed E-state index contributed by atoms with van der Waals surface area (Å²) in [6, 6.07) is 31.0. The van der Waals surface area contributed by atoms with E-state index in [-0.39, 0.29) is 0 Å². The molecule has 1 aliphatic carbocycles. The average molecular weight is 467 g/mol. The number of benzene rings is 5. The van der Waals surface area contributed by atoms with E-state index in [4.69, 9.17) is 4.74 Å². The molecule has 176 valence electrons. The first-order chi connectivity index (χ1) is 17.6. The summed E-state index contributed by atoms with van der Waals surface area (Å²) in [5.41, 5.74) is 8.44. The Balaban J connectivity index is 1.55. The Morgan fingerprint density at radius 1 is 0.639 bits per heavy atom. The molecule has 1 heteroatoms. The van der Waals surface area contributed by atoms with Gasteiger partial charge in [0.05, 0.1) is 0 Å². The fourth-order valence-electron chi connectivity index (χ4n) is 6.31. The highest BCUT2D eigenvalue weighted by atomic mass is 16.5. The molecule has 0 aromatic heterocycles. The molecule has 0 spiro atoms. The van der Waals surface area contributed by atoms with E-state index < -0.39 is 5.60 Å². The maximum absolute atomic E-state index is 7.31. The number of hydrogen-bond acceptors (Lipinski definition) is 1. The van der Waals surface area contributed by atoms with Crippen LogP contribution < -0.4 is 4.74 Å². The third kappa shape index (κ3) is 3.15. The van der Waals surface area contributed by atoms with Gasteiger partial charge in [-0.05, 0) is 79.0 Å². The zero-order chi connectivity index (χ0) is 24.3. The van der Waals surface area contributed by atoms with E-state index in [1.807, 2.05) is 0 Å². The minimum absolute atomic E-state index is 0.671. The zero-order valence-corrected chi connectivity index (χ0v) is 21.0. The van der Waals surface area contributed by atoms with Gasteiger partial charge in [0.1, 0.15) is 5.75 Å². The molecular formula is C35H30O. The largest absolute Gasteiger partial charge is 0.472 e. The molecule has 0 saturated carbocycles. The lowest BCUT2D eigenvalue weighted by atomic mass is 9.78. The molecule has 2 aliphatic rings. The second-order valence-electron chi connectivity index (χ2n) is 10.5. The molecule has 7 rings (SSSR count). The van der Waals surface area contributed by atoms with Gasteiger partial charge in [0.15, 0.2) is 5.60 Å². The van der Waals surface area contributed by atoms with Crippen molar-refractivity contribution in [3.05, 3.63) is 130 Å². The highest BCUT2D eigenvalue weighted by molar-refractivity contribution is 6.13. The van der Waals surface area contributed by atoms with Crippen LogP contribution in [0.2, 0.25) is 0 Å². The Kier molecular flexibility index (Phi) is 4.82. The second kappa shape index (κ2) is 8.10. The predicted octanol–water partition coefficient (Wildman–Crippen LogP) is 8.84. The first-order valence-corrected chi connectivity index (χ1v) is 13.2. The maximum atomic E-state index is 7.31. The Labute approximate surface area is 213 Å². The van der Waals surface area contributed by atoms with Crippen LogP contribution in [0.15, 0.2) is 91.0 Å². The summed E-state index contributed by atoms with van der Waals surface area (Å²) in [5, 5.41) is 5.26. The fourth-order valence-corrected chi connectivity index (χ4v) is 6.31. The third-order valence-electron chi connectivity index (χ3n) is 8.22. The van der Waals surface area contributed by atoms with Gasteiger partial charge in [-0.25, -0.2) is 0 Å². The van der Waals surface area contributed by atoms with Crippen LogP contribution in [0.5, 0.6) is 5.75 Å². The molecule has 0 fully saturated rings. The first-order valence-electron chi connectivity index (χ1n) is 13.2. The first kappa shape index (κ1) is 21.4. The number of hydrogen-bond donors (Lipinski definition) is 0. The minimum atomic E-state index is -0.671. The van der Waals surface area contributed by atoms with Crippen LogP contribution in [-0.2, 0) is 18.4 Å². The van der Waals surface area contributed by atoms with Gasteiger partial charge in [-0.1, -0.05) is 96.1 Å². The van der Waals surface area contributed by atoms with Crippen LogP contribution in [0.25, 0.3) is 27.6 Å². The lowest BCUT2D eigenvalue weighted by molar-refractivity contribution is 0.163. The molecule has 0 saturated heterocycles. The van der Waals surface area contributed by atoms with Crippen LogP contribution in [0.1, 0.15) is 51.8 Å². The molecule has 0 atom stereocenters. The van der Waals surface area contributed by atoms with E-state index >= 15 is 0 Å². The summed E-state index contributed by atoms with van der Waals surface area (Å²) in [7, 11) is 0. The van der Waals surface area contributed by atoms with Gasteiger partial charge in [0.25, 0.3) is 0 Å². The summed E-state index contributed by atoms with van der Waals surface area (Å²) < 4.78 is 7.31. The smallest absolute Gasteiger partial charge is 0.178 e. The van der Waals surface area contributed by atoms with Crippen LogP contribution in [0.3, 0.4) is 0 Å². The lowest BCUT2D eigenvalue weighted by Gasteiger charge is -2.38. The van der Waals surface area contributed by atoms with E-state index in [0.717, 1.165) is 29.7 Å². The van der Waals surface area contributed by atoms with Gasteiger partial charge in [0.2, 0.25) is 0 Å². The van der Waals surface area contributed by atoms with Crippen molar-refractivity contribution in [3.63, 3.8) is 0 Å². The lowest BCUT2D eigenvalue weighted by Crippen LogP contribution is -2.34. The van der Waals surface area contributed by atoms with E-state index in [0.29, 0.717) is 0 Å². The maximum Gasteiger partial charge on any atom is 0.178 e.